The van der Waals surface area contributed by atoms with Gasteiger partial charge in [-0.05, 0) is 44.5 Å². The van der Waals surface area contributed by atoms with Crippen molar-refractivity contribution in [2.75, 3.05) is 37.7 Å². The average Bonchev–Trinajstić information content (AvgIpc) is 3.24. The van der Waals surface area contributed by atoms with E-state index < -0.39 is 35.6 Å². The molecule has 1 aromatic carbocycles. The van der Waals surface area contributed by atoms with Gasteiger partial charge in [-0.15, -0.1) is 0 Å². The van der Waals surface area contributed by atoms with Gasteiger partial charge in [0.2, 0.25) is 17.7 Å². The molecule has 0 radical (unpaired) electrons. The molecule has 2 fully saturated rings. The maximum absolute atomic E-state index is 14.2. The summed E-state index contributed by atoms with van der Waals surface area (Å²) in [5.41, 5.74) is -0.582. The van der Waals surface area contributed by atoms with E-state index in [0.717, 1.165) is 12.8 Å². The van der Waals surface area contributed by atoms with Crippen LogP contribution in [0.4, 0.5) is 5.69 Å². The molecule has 9 heteroatoms. The second-order valence-electron chi connectivity index (χ2n) is 10.5. The van der Waals surface area contributed by atoms with Crippen LogP contribution >= 0.6 is 0 Å². The molecule has 2 saturated heterocycles. The van der Waals surface area contributed by atoms with E-state index in [1.54, 1.807) is 16.7 Å². The molecule has 1 N–H and O–H groups in total. The van der Waals surface area contributed by atoms with Crippen molar-refractivity contribution in [3.05, 3.63) is 48.6 Å². The van der Waals surface area contributed by atoms with Crippen molar-refractivity contribution in [2.24, 2.45) is 11.8 Å². The van der Waals surface area contributed by atoms with E-state index in [1.165, 1.54) is 4.90 Å². The number of benzene rings is 1. The van der Waals surface area contributed by atoms with E-state index >= 15 is 0 Å². The van der Waals surface area contributed by atoms with Crippen LogP contribution in [0.15, 0.2) is 48.6 Å². The monoisotopic (exact) mass is 523 g/mol. The Kier molecular flexibility index (Phi) is 7.33. The minimum atomic E-state index is -1.28. The highest BCUT2D eigenvalue weighted by Gasteiger charge is 2.72. The van der Waals surface area contributed by atoms with E-state index in [2.05, 4.69) is 6.92 Å². The fraction of sp³-hybridized carbons (Fsp3) is 0.552. The molecule has 1 unspecified atom stereocenters. The van der Waals surface area contributed by atoms with Crippen molar-refractivity contribution in [3.8, 4) is 5.75 Å². The number of hydrogen-bond donors (Lipinski definition) is 1. The van der Waals surface area contributed by atoms with Gasteiger partial charge in [0.15, 0.2) is 0 Å². The zero-order valence-corrected chi connectivity index (χ0v) is 22.3. The fourth-order valence-electron chi connectivity index (χ4n) is 6.36. The summed E-state index contributed by atoms with van der Waals surface area (Å²) in [5, 5.41) is 10.0. The number of fused-ring (bicyclic) bond motifs is 2. The highest BCUT2D eigenvalue weighted by Crippen LogP contribution is 2.54. The lowest BCUT2D eigenvalue weighted by Gasteiger charge is -2.37. The first kappa shape index (κ1) is 26.4. The molecule has 0 aromatic heterocycles. The van der Waals surface area contributed by atoms with Crippen molar-refractivity contribution in [1.29, 1.82) is 0 Å². The van der Waals surface area contributed by atoms with E-state index in [4.69, 9.17) is 9.47 Å². The van der Waals surface area contributed by atoms with Crippen molar-refractivity contribution >= 4 is 23.4 Å². The normalized spacial score (nSPS) is 31.2. The number of hydrogen-bond acceptors (Lipinski definition) is 6. The van der Waals surface area contributed by atoms with Crippen LogP contribution < -0.4 is 9.64 Å². The first-order valence-corrected chi connectivity index (χ1v) is 13.7. The topological polar surface area (TPSA) is 99.6 Å². The summed E-state index contributed by atoms with van der Waals surface area (Å²) >= 11 is 0. The Balaban J connectivity index is 1.54. The molecule has 1 aromatic rings. The number of ether oxygens (including phenoxy) is 2. The molecule has 4 heterocycles. The molecule has 9 nitrogen and oxygen atoms in total. The van der Waals surface area contributed by atoms with Crippen LogP contribution in [0.1, 0.15) is 33.6 Å². The van der Waals surface area contributed by atoms with E-state index in [1.807, 2.05) is 55.5 Å². The summed E-state index contributed by atoms with van der Waals surface area (Å²) in [6, 6.07) is 5.78. The van der Waals surface area contributed by atoms with Crippen LogP contribution in [-0.4, -0.2) is 89.3 Å². The molecule has 38 heavy (non-hydrogen) atoms. The number of amides is 3. The van der Waals surface area contributed by atoms with Crippen LogP contribution in [0.3, 0.4) is 0 Å². The molecule has 0 bridgehead atoms. The van der Waals surface area contributed by atoms with Gasteiger partial charge in [-0.3, -0.25) is 14.4 Å². The Labute approximate surface area is 223 Å². The lowest BCUT2D eigenvalue weighted by Crippen LogP contribution is -2.57. The molecular weight excluding hydrogens is 486 g/mol. The third-order valence-corrected chi connectivity index (χ3v) is 8.16. The van der Waals surface area contributed by atoms with Gasteiger partial charge < -0.3 is 29.3 Å². The molecule has 1 spiro atoms. The Morgan fingerprint density at radius 2 is 1.84 bits per heavy atom. The second kappa shape index (κ2) is 10.5. The molecule has 4 aliphatic heterocycles. The summed E-state index contributed by atoms with van der Waals surface area (Å²) < 4.78 is 12.2. The predicted molar refractivity (Wildman–Crippen MR) is 141 cm³/mol. The van der Waals surface area contributed by atoms with Gasteiger partial charge in [0, 0.05) is 25.3 Å². The zero-order valence-electron chi connectivity index (χ0n) is 22.3. The first-order valence-electron chi connectivity index (χ1n) is 13.7. The average molecular weight is 524 g/mol. The highest BCUT2D eigenvalue weighted by molar-refractivity contribution is 6.04. The number of likely N-dealkylation sites (tertiary alicyclic amines) is 1. The lowest BCUT2D eigenvalue weighted by molar-refractivity contribution is -0.149. The molecule has 0 saturated carbocycles. The second-order valence-corrected chi connectivity index (χ2v) is 10.5. The van der Waals surface area contributed by atoms with Crippen molar-refractivity contribution in [2.45, 2.75) is 57.4 Å². The standard InChI is InChI=1S/C29H37N3O6/c1-4-6-15-30-16-8-14-29-24(27(35)32(19(3)18-33)25(29)28(30)36)23-22(38-29)9-7-17-31(26(23)34)20-10-12-21(13-11-20)37-5-2/h7-14,19,22-25,33H,4-6,15-18H2,1-3H3/t19-,22+,23-,24+,25?,29+/m1/s1. The quantitative estimate of drug-likeness (QED) is 0.525. The van der Waals surface area contributed by atoms with Crippen LogP contribution in [0.5, 0.6) is 5.75 Å². The Morgan fingerprint density at radius 1 is 1.08 bits per heavy atom. The molecule has 0 aliphatic carbocycles. The minimum Gasteiger partial charge on any atom is -0.494 e. The number of carbonyl (C=O) groups excluding carboxylic acids is 3. The van der Waals surface area contributed by atoms with Crippen molar-refractivity contribution in [3.63, 3.8) is 0 Å². The van der Waals surface area contributed by atoms with E-state index in [-0.39, 0.29) is 24.3 Å². The Bertz CT molecular complexity index is 1130. The Morgan fingerprint density at radius 3 is 2.53 bits per heavy atom. The Hall–Kier alpha value is -3.17. The van der Waals surface area contributed by atoms with Gasteiger partial charge >= 0.3 is 0 Å². The first-order chi connectivity index (χ1) is 18.4. The molecule has 204 valence electrons. The number of unbranched alkanes of at least 4 members (excludes halogenated alkanes) is 1. The third-order valence-electron chi connectivity index (χ3n) is 8.16. The number of carbonyl (C=O) groups is 3. The summed E-state index contributed by atoms with van der Waals surface area (Å²) in [6.07, 6.45) is 8.61. The van der Waals surface area contributed by atoms with Crippen LogP contribution in [0, 0.1) is 11.8 Å². The number of anilines is 1. The molecule has 4 aliphatic rings. The minimum absolute atomic E-state index is 0.198. The summed E-state index contributed by atoms with van der Waals surface area (Å²) in [6.45, 7) is 7.29. The van der Waals surface area contributed by atoms with Gasteiger partial charge in [-0.1, -0.05) is 37.6 Å². The number of aliphatic hydroxyl groups excluding tert-OH is 1. The summed E-state index contributed by atoms with van der Waals surface area (Å²) in [5.74, 6) is -1.70. The maximum Gasteiger partial charge on any atom is 0.249 e. The molecule has 6 atom stereocenters. The number of rotatable bonds is 8. The zero-order chi connectivity index (χ0) is 27.0. The summed E-state index contributed by atoms with van der Waals surface area (Å²) in [7, 11) is 0. The third kappa shape index (κ3) is 4.12. The highest BCUT2D eigenvalue weighted by atomic mass is 16.5. The van der Waals surface area contributed by atoms with Crippen LogP contribution in [0.25, 0.3) is 0 Å². The van der Waals surface area contributed by atoms with Crippen molar-refractivity contribution < 1.29 is 29.0 Å². The smallest absolute Gasteiger partial charge is 0.249 e. The van der Waals surface area contributed by atoms with Crippen LogP contribution in [-0.2, 0) is 19.1 Å². The molecular formula is C29H37N3O6. The lowest BCUT2D eigenvalue weighted by atomic mass is 9.77. The maximum atomic E-state index is 14.2. The van der Waals surface area contributed by atoms with E-state index in [0.29, 0.717) is 37.7 Å². The molecule has 5 rings (SSSR count). The SMILES string of the molecule is CCCCN1CC=C[C@]23O[C@H]4C=CCN(c5ccc(OCC)cc5)C(=O)[C@H]4[C@H]2C(=O)N([C@H](C)CO)C3C1=O. The largest absolute Gasteiger partial charge is 0.494 e. The molecule has 3 amide bonds. The van der Waals surface area contributed by atoms with Gasteiger partial charge in [0.25, 0.3) is 0 Å². The predicted octanol–water partition coefficient (Wildman–Crippen LogP) is 2.15. The van der Waals surface area contributed by atoms with Gasteiger partial charge in [0.1, 0.15) is 17.4 Å². The van der Waals surface area contributed by atoms with Gasteiger partial charge in [0.05, 0.1) is 37.2 Å². The summed E-state index contributed by atoms with van der Waals surface area (Å²) in [4.78, 5) is 47.1. The van der Waals surface area contributed by atoms with Crippen LogP contribution in [0.2, 0.25) is 0 Å². The van der Waals surface area contributed by atoms with Gasteiger partial charge in [-0.2, -0.15) is 0 Å². The van der Waals surface area contributed by atoms with E-state index in [9.17, 15) is 19.5 Å². The van der Waals surface area contributed by atoms with Gasteiger partial charge in [-0.25, -0.2) is 0 Å². The van der Waals surface area contributed by atoms with Crippen molar-refractivity contribution in [1.82, 2.24) is 9.80 Å². The number of nitrogens with zero attached hydrogens (tertiary/aromatic N) is 3. The fourth-order valence-corrected chi connectivity index (χ4v) is 6.36. The number of aliphatic hydroxyl groups is 1.